The fourth-order valence-corrected chi connectivity index (χ4v) is 2.95. The smallest absolute Gasteiger partial charge is 0.142 e. The first-order valence-electron chi connectivity index (χ1n) is 6.09. The van der Waals surface area contributed by atoms with E-state index in [1.54, 1.807) is 17.6 Å². The fraction of sp³-hybridized carbons (Fsp3) is 0.0625. The van der Waals surface area contributed by atoms with E-state index in [0.717, 1.165) is 15.0 Å². The number of hydrogen-bond donors (Lipinski definition) is 1. The average Bonchev–Trinajstić information content (AvgIpc) is 2.78. The largest absolute Gasteiger partial charge is 0.506 e. The Morgan fingerprint density at radius 1 is 1.00 bits per heavy atom. The minimum Gasteiger partial charge on any atom is -0.506 e. The van der Waals surface area contributed by atoms with E-state index in [0.29, 0.717) is 12.3 Å². The normalized spacial score (nSPS) is 11.4. The van der Waals surface area contributed by atoms with Crippen molar-refractivity contribution >= 4 is 27.6 Å². The van der Waals surface area contributed by atoms with Crippen LogP contribution in [0.1, 0.15) is 10.4 Å². The van der Waals surface area contributed by atoms with Gasteiger partial charge in [0.15, 0.2) is 0 Å². The van der Waals surface area contributed by atoms with Crippen LogP contribution in [-0.2, 0) is 6.54 Å². The molecule has 3 heteroatoms. The molecule has 0 unspecified atom stereocenters. The van der Waals surface area contributed by atoms with Crippen molar-refractivity contribution in [2.75, 3.05) is 0 Å². The van der Waals surface area contributed by atoms with E-state index in [4.69, 9.17) is 0 Å². The molecule has 0 spiro atoms. The second-order valence-corrected chi connectivity index (χ2v) is 5.35. The van der Waals surface area contributed by atoms with Gasteiger partial charge in [0.25, 0.3) is 0 Å². The Morgan fingerprint density at radius 2 is 1.74 bits per heavy atom. The second kappa shape index (κ2) is 5.24. The summed E-state index contributed by atoms with van der Waals surface area (Å²) in [4.78, 5) is 5.21. The van der Waals surface area contributed by atoms with Crippen LogP contribution in [0.15, 0.2) is 59.6 Å². The molecule has 0 atom stereocenters. The molecule has 0 saturated heterocycles. The van der Waals surface area contributed by atoms with E-state index in [1.165, 1.54) is 5.56 Å². The Hall–Kier alpha value is -2.13. The molecule has 0 amide bonds. The highest BCUT2D eigenvalue weighted by molar-refractivity contribution is 7.21. The molecule has 0 aliphatic heterocycles. The fourth-order valence-electron chi connectivity index (χ4n) is 1.96. The van der Waals surface area contributed by atoms with Gasteiger partial charge in [-0.1, -0.05) is 42.5 Å². The van der Waals surface area contributed by atoms with Crippen molar-refractivity contribution in [2.45, 2.75) is 6.54 Å². The zero-order valence-electron chi connectivity index (χ0n) is 10.3. The highest BCUT2D eigenvalue weighted by atomic mass is 32.1. The highest BCUT2D eigenvalue weighted by Gasteiger charge is 2.07. The summed E-state index contributed by atoms with van der Waals surface area (Å²) in [6, 6.07) is 17.9. The Kier molecular flexibility index (Phi) is 3.29. The Labute approximate surface area is 115 Å². The predicted molar refractivity (Wildman–Crippen MR) is 81.2 cm³/mol. The Morgan fingerprint density at radius 3 is 2.53 bits per heavy atom. The molecule has 3 rings (SSSR count). The van der Waals surface area contributed by atoms with Gasteiger partial charge in [0.05, 0.1) is 11.4 Å². The van der Waals surface area contributed by atoms with E-state index in [-0.39, 0.29) is 0 Å². The Balaban J connectivity index is 1.83. The molecule has 19 heavy (non-hydrogen) atoms. The molecule has 0 bridgehead atoms. The predicted octanol–water partition coefficient (Wildman–Crippen LogP) is 4.23. The van der Waals surface area contributed by atoms with Crippen molar-refractivity contribution in [3.63, 3.8) is 0 Å². The minimum atomic E-state index is 0.331. The third-order valence-corrected chi connectivity index (χ3v) is 4.02. The number of fused-ring (bicyclic) bond motifs is 1. The third-order valence-electron chi connectivity index (χ3n) is 2.92. The monoisotopic (exact) mass is 267 g/mol. The van der Waals surface area contributed by atoms with Gasteiger partial charge in [-0.2, -0.15) is 0 Å². The molecule has 0 aliphatic rings. The molecule has 0 radical (unpaired) electrons. The van der Waals surface area contributed by atoms with Crippen LogP contribution in [-0.4, -0.2) is 11.3 Å². The Bertz CT molecular complexity index is 716. The van der Waals surface area contributed by atoms with Gasteiger partial charge in [-0.05, 0) is 17.7 Å². The zero-order valence-corrected chi connectivity index (χ0v) is 11.1. The molecule has 1 N–H and O–H groups in total. The molecule has 1 aromatic heterocycles. The lowest BCUT2D eigenvalue weighted by Crippen LogP contribution is -1.81. The quantitative estimate of drug-likeness (QED) is 0.708. The maximum atomic E-state index is 10.1. The summed E-state index contributed by atoms with van der Waals surface area (Å²) >= 11 is 1.56. The maximum absolute atomic E-state index is 10.1. The van der Waals surface area contributed by atoms with Crippen molar-refractivity contribution in [3.8, 4) is 5.75 Å². The molecule has 1 heterocycles. The van der Waals surface area contributed by atoms with Crippen LogP contribution >= 0.6 is 11.3 Å². The molecule has 2 aromatic carbocycles. The summed E-state index contributed by atoms with van der Waals surface area (Å²) in [7, 11) is 0. The molecule has 94 valence electrons. The lowest BCUT2D eigenvalue weighted by molar-refractivity contribution is 0.483. The van der Waals surface area contributed by atoms with Crippen molar-refractivity contribution in [3.05, 3.63) is 65.0 Å². The van der Waals surface area contributed by atoms with Gasteiger partial charge in [0, 0.05) is 16.3 Å². The minimum absolute atomic E-state index is 0.331. The van der Waals surface area contributed by atoms with Gasteiger partial charge < -0.3 is 5.11 Å². The first kappa shape index (κ1) is 11.9. The van der Waals surface area contributed by atoms with E-state index < -0.39 is 0 Å². The van der Waals surface area contributed by atoms with Gasteiger partial charge in [-0.3, -0.25) is 4.99 Å². The van der Waals surface area contributed by atoms with Gasteiger partial charge in [-0.25, -0.2) is 0 Å². The number of thiophene rings is 1. The van der Waals surface area contributed by atoms with Crippen molar-refractivity contribution in [2.24, 2.45) is 4.99 Å². The molecular formula is C16H13NOS. The van der Waals surface area contributed by atoms with Crippen molar-refractivity contribution in [1.82, 2.24) is 0 Å². The molecule has 3 aromatic rings. The van der Waals surface area contributed by atoms with Crippen LogP contribution in [0, 0.1) is 0 Å². The van der Waals surface area contributed by atoms with Gasteiger partial charge in [0.2, 0.25) is 0 Å². The first-order chi connectivity index (χ1) is 9.34. The van der Waals surface area contributed by atoms with Gasteiger partial charge in [0.1, 0.15) is 5.75 Å². The standard InChI is InChI=1S/C16H13NOS/c18-16-13-8-4-5-9-14(13)19-15(16)11-17-10-12-6-2-1-3-7-12/h1-9,11,18H,10H2. The molecule has 0 fully saturated rings. The van der Waals surface area contributed by atoms with Crippen LogP contribution in [0.25, 0.3) is 10.1 Å². The van der Waals surface area contributed by atoms with Crippen molar-refractivity contribution in [1.29, 1.82) is 0 Å². The zero-order chi connectivity index (χ0) is 13.1. The lowest BCUT2D eigenvalue weighted by atomic mass is 10.2. The maximum Gasteiger partial charge on any atom is 0.142 e. The molecule has 0 saturated carbocycles. The van der Waals surface area contributed by atoms with Crippen LogP contribution in [0.3, 0.4) is 0 Å². The summed E-state index contributed by atoms with van der Waals surface area (Å²) in [5.41, 5.74) is 1.17. The van der Waals surface area contributed by atoms with Crippen LogP contribution in [0.2, 0.25) is 0 Å². The topological polar surface area (TPSA) is 32.6 Å². The average molecular weight is 267 g/mol. The van der Waals surface area contributed by atoms with Crippen LogP contribution < -0.4 is 0 Å². The van der Waals surface area contributed by atoms with Gasteiger partial charge >= 0.3 is 0 Å². The number of nitrogens with zero attached hydrogens (tertiary/aromatic N) is 1. The van der Waals surface area contributed by atoms with Crippen LogP contribution in [0.4, 0.5) is 0 Å². The summed E-state index contributed by atoms with van der Waals surface area (Å²) in [5, 5.41) is 11.0. The number of benzene rings is 2. The van der Waals surface area contributed by atoms with E-state index in [9.17, 15) is 5.11 Å². The molecule has 2 nitrogen and oxygen atoms in total. The first-order valence-corrected chi connectivity index (χ1v) is 6.90. The summed E-state index contributed by atoms with van der Waals surface area (Å²) in [6.07, 6.45) is 1.76. The second-order valence-electron chi connectivity index (χ2n) is 4.27. The third kappa shape index (κ3) is 2.51. The van der Waals surface area contributed by atoms with E-state index in [2.05, 4.69) is 4.99 Å². The highest BCUT2D eigenvalue weighted by Crippen LogP contribution is 2.35. The van der Waals surface area contributed by atoms with Gasteiger partial charge in [-0.15, -0.1) is 11.3 Å². The summed E-state index contributed by atoms with van der Waals surface area (Å²) < 4.78 is 1.08. The van der Waals surface area contributed by atoms with E-state index in [1.807, 2.05) is 54.6 Å². The summed E-state index contributed by atoms with van der Waals surface area (Å²) in [5.74, 6) is 0.331. The number of hydrogen-bond acceptors (Lipinski definition) is 3. The van der Waals surface area contributed by atoms with E-state index >= 15 is 0 Å². The summed E-state index contributed by atoms with van der Waals surface area (Å²) in [6.45, 7) is 0.633. The lowest BCUT2D eigenvalue weighted by Gasteiger charge is -1.94. The molecule has 0 aliphatic carbocycles. The number of aromatic hydroxyl groups is 1. The number of rotatable bonds is 3. The number of aliphatic imine (C=N–C) groups is 1. The van der Waals surface area contributed by atoms with Crippen LogP contribution in [0.5, 0.6) is 5.75 Å². The SMILES string of the molecule is Oc1c(C=NCc2ccccc2)sc2ccccc12. The molecular weight excluding hydrogens is 254 g/mol. The van der Waals surface area contributed by atoms with Crippen molar-refractivity contribution < 1.29 is 5.11 Å².